The van der Waals surface area contributed by atoms with Crippen molar-refractivity contribution in [2.45, 2.75) is 6.54 Å². The van der Waals surface area contributed by atoms with Crippen LogP contribution in [-0.4, -0.2) is 11.1 Å². The third-order valence-corrected chi connectivity index (χ3v) is 3.06. The van der Waals surface area contributed by atoms with Gasteiger partial charge in [0, 0.05) is 17.1 Å². The van der Waals surface area contributed by atoms with Gasteiger partial charge in [0.05, 0.1) is 5.56 Å². The molecule has 1 aromatic carbocycles. The normalized spacial score (nSPS) is 10.0. The number of thiophene rings is 1. The number of hydrogen-bond acceptors (Lipinski definition) is 3. The second-order valence-electron chi connectivity index (χ2n) is 3.32. The Morgan fingerprint density at radius 3 is 2.56 bits per heavy atom. The molecule has 0 unspecified atom stereocenters. The molecule has 0 bridgehead atoms. The maximum Gasteiger partial charge on any atom is 0.335 e. The molecule has 2 aromatic rings. The van der Waals surface area contributed by atoms with E-state index in [9.17, 15) is 4.79 Å². The lowest BCUT2D eigenvalue weighted by Gasteiger charge is -2.04. The number of hydrogen-bond donors (Lipinski definition) is 2. The van der Waals surface area contributed by atoms with Crippen LogP contribution in [0.15, 0.2) is 41.8 Å². The average Bonchev–Trinajstić information content (AvgIpc) is 2.80. The Hall–Kier alpha value is -1.81. The zero-order chi connectivity index (χ0) is 11.4. The van der Waals surface area contributed by atoms with Crippen molar-refractivity contribution in [1.29, 1.82) is 0 Å². The van der Waals surface area contributed by atoms with E-state index in [4.69, 9.17) is 5.11 Å². The lowest BCUT2D eigenvalue weighted by atomic mass is 10.2. The molecule has 0 saturated carbocycles. The molecule has 0 radical (unpaired) electrons. The zero-order valence-electron chi connectivity index (χ0n) is 8.51. The monoisotopic (exact) mass is 233 g/mol. The van der Waals surface area contributed by atoms with Crippen LogP contribution >= 0.6 is 11.3 Å². The minimum Gasteiger partial charge on any atom is -0.478 e. The number of anilines is 1. The number of benzene rings is 1. The molecule has 4 heteroatoms. The molecule has 1 aromatic heterocycles. The summed E-state index contributed by atoms with van der Waals surface area (Å²) in [5.74, 6) is -0.898. The third-order valence-electron chi connectivity index (χ3n) is 2.18. The first-order valence-corrected chi connectivity index (χ1v) is 5.73. The fraction of sp³-hybridized carbons (Fsp3) is 0.0833. The van der Waals surface area contributed by atoms with E-state index < -0.39 is 5.97 Å². The van der Waals surface area contributed by atoms with Crippen LogP contribution in [0.5, 0.6) is 0 Å². The number of carboxylic acids is 1. The number of carboxylic acid groups (broad SMARTS) is 1. The standard InChI is InChI=1S/C12H11NO2S/c14-12(15)9-3-5-10(6-4-9)13-8-11-2-1-7-16-11/h1-7,13H,8H2,(H,14,15). The van der Waals surface area contributed by atoms with Crippen molar-refractivity contribution in [1.82, 2.24) is 0 Å². The minimum absolute atomic E-state index is 0.307. The Labute approximate surface area is 97.4 Å². The molecule has 0 fully saturated rings. The molecule has 0 atom stereocenters. The summed E-state index contributed by atoms with van der Waals surface area (Å²) in [6.07, 6.45) is 0. The van der Waals surface area contributed by atoms with Gasteiger partial charge in [0.25, 0.3) is 0 Å². The van der Waals surface area contributed by atoms with Crippen LogP contribution in [0.25, 0.3) is 0 Å². The molecular weight excluding hydrogens is 222 g/mol. The molecule has 0 aliphatic rings. The van der Waals surface area contributed by atoms with Crippen molar-refractivity contribution >= 4 is 23.0 Å². The molecule has 2 N–H and O–H groups in total. The van der Waals surface area contributed by atoms with Crippen molar-refractivity contribution in [2.24, 2.45) is 0 Å². The maximum atomic E-state index is 10.6. The first-order valence-electron chi connectivity index (χ1n) is 4.85. The lowest BCUT2D eigenvalue weighted by molar-refractivity contribution is 0.0697. The Kier molecular flexibility index (Phi) is 3.22. The third kappa shape index (κ3) is 2.61. The highest BCUT2D eigenvalue weighted by Gasteiger charge is 2.01. The summed E-state index contributed by atoms with van der Waals surface area (Å²) >= 11 is 1.69. The number of nitrogens with one attached hydrogen (secondary N) is 1. The van der Waals surface area contributed by atoms with E-state index in [1.807, 2.05) is 11.4 Å². The maximum absolute atomic E-state index is 10.6. The van der Waals surface area contributed by atoms with Gasteiger partial charge < -0.3 is 10.4 Å². The smallest absolute Gasteiger partial charge is 0.335 e. The van der Waals surface area contributed by atoms with Crippen molar-refractivity contribution in [3.63, 3.8) is 0 Å². The second kappa shape index (κ2) is 4.81. The zero-order valence-corrected chi connectivity index (χ0v) is 9.33. The fourth-order valence-electron chi connectivity index (χ4n) is 1.33. The number of rotatable bonds is 4. The van der Waals surface area contributed by atoms with Crippen molar-refractivity contribution in [3.05, 3.63) is 52.2 Å². The van der Waals surface area contributed by atoms with Crippen LogP contribution < -0.4 is 5.32 Å². The summed E-state index contributed by atoms with van der Waals surface area (Å²) in [5, 5.41) is 14.0. The highest BCUT2D eigenvalue weighted by Crippen LogP contribution is 2.13. The second-order valence-corrected chi connectivity index (χ2v) is 4.35. The molecule has 0 spiro atoms. The van der Waals surface area contributed by atoms with Gasteiger partial charge in [0.1, 0.15) is 0 Å². The van der Waals surface area contributed by atoms with E-state index >= 15 is 0 Å². The predicted molar refractivity (Wildman–Crippen MR) is 65.0 cm³/mol. The molecule has 1 heterocycles. The molecular formula is C12H11NO2S. The van der Waals surface area contributed by atoms with Crippen molar-refractivity contribution < 1.29 is 9.90 Å². The quantitative estimate of drug-likeness (QED) is 0.853. The lowest BCUT2D eigenvalue weighted by Crippen LogP contribution is -1.99. The first kappa shape index (κ1) is 10.7. The van der Waals surface area contributed by atoms with Gasteiger partial charge in [-0.15, -0.1) is 11.3 Å². The van der Waals surface area contributed by atoms with Gasteiger partial charge in [-0.05, 0) is 35.7 Å². The minimum atomic E-state index is -0.898. The van der Waals surface area contributed by atoms with Crippen molar-refractivity contribution in [3.8, 4) is 0 Å². The van der Waals surface area contributed by atoms with Crippen molar-refractivity contribution in [2.75, 3.05) is 5.32 Å². The highest BCUT2D eigenvalue weighted by atomic mass is 32.1. The highest BCUT2D eigenvalue weighted by molar-refractivity contribution is 7.09. The summed E-state index contributed by atoms with van der Waals surface area (Å²) in [6, 6.07) is 10.8. The van der Waals surface area contributed by atoms with E-state index in [0.717, 1.165) is 12.2 Å². The van der Waals surface area contributed by atoms with Gasteiger partial charge in [0.15, 0.2) is 0 Å². The molecule has 82 valence electrons. The molecule has 0 aliphatic heterocycles. The molecule has 0 aliphatic carbocycles. The summed E-state index contributed by atoms with van der Waals surface area (Å²) in [4.78, 5) is 11.9. The van der Waals surface area contributed by atoms with E-state index in [1.165, 1.54) is 4.88 Å². The van der Waals surface area contributed by atoms with Crippen LogP contribution in [0.2, 0.25) is 0 Å². The topological polar surface area (TPSA) is 49.3 Å². The first-order chi connectivity index (χ1) is 7.75. The average molecular weight is 233 g/mol. The van der Waals surface area contributed by atoms with Crippen LogP contribution in [0.1, 0.15) is 15.2 Å². The van der Waals surface area contributed by atoms with Gasteiger partial charge >= 0.3 is 5.97 Å². The SMILES string of the molecule is O=C(O)c1ccc(NCc2cccs2)cc1. The molecule has 3 nitrogen and oxygen atoms in total. The fourth-order valence-corrected chi connectivity index (χ4v) is 1.98. The molecule has 0 amide bonds. The Morgan fingerprint density at radius 1 is 1.25 bits per heavy atom. The van der Waals surface area contributed by atoms with Gasteiger partial charge in [-0.25, -0.2) is 4.79 Å². The summed E-state index contributed by atoms with van der Waals surface area (Å²) in [7, 11) is 0. The van der Waals surface area contributed by atoms with Gasteiger partial charge in [-0.3, -0.25) is 0 Å². The van der Waals surface area contributed by atoms with E-state index in [-0.39, 0.29) is 0 Å². The predicted octanol–water partition coefficient (Wildman–Crippen LogP) is 3.06. The summed E-state index contributed by atoms with van der Waals surface area (Å²) in [5.41, 5.74) is 1.24. The van der Waals surface area contributed by atoms with E-state index in [0.29, 0.717) is 5.56 Å². The van der Waals surface area contributed by atoms with Gasteiger partial charge in [0.2, 0.25) is 0 Å². The Balaban J connectivity index is 1.98. The molecule has 16 heavy (non-hydrogen) atoms. The number of carbonyl (C=O) groups is 1. The van der Waals surface area contributed by atoms with E-state index in [2.05, 4.69) is 11.4 Å². The van der Waals surface area contributed by atoms with Gasteiger partial charge in [-0.2, -0.15) is 0 Å². The van der Waals surface area contributed by atoms with Crippen LogP contribution in [-0.2, 0) is 6.54 Å². The molecule has 2 rings (SSSR count). The molecule has 0 saturated heterocycles. The largest absolute Gasteiger partial charge is 0.478 e. The number of aromatic carboxylic acids is 1. The van der Waals surface area contributed by atoms with Crippen LogP contribution in [0.4, 0.5) is 5.69 Å². The summed E-state index contributed by atoms with van der Waals surface area (Å²) in [6.45, 7) is 0.768. The van der Waals surface area contributed by atoms with Crippen LogP contribution in [0.3, 0.4) is 0 Å². The Morgan fingerprint density at radius 2 is 2.00 bits per heavy atom. The summed E-state index contributed by atoms with van der Waals surface area (Å²) < 4.78 is 0. The van der Waals surface area contributed by atoms with E-state index in [1.54, 1.807) is 35.6 Å². The van der Waals surface area contributed by atoms with Gasteiger partial charge in [-0.1, -0.05) is 6.07 Å². The Bertz CT molecular complexity index is 462. The van der Waals surface area contributed by atoms with Crippen LogP contribution in [0, 0.1) is 0 Å².